The lowest BCUT2D eigenvalue weighted by Crippen LogP contribution is -2.47. The predicted octanol–water partition coefficient (Wildman–Crippen LogP) is 18.1. The van der Waals surface area contributed by atoms with Crippen LogP contribution in [0.4, 0.5) is 0 Å². The fourth-order valence-electron chi connectivity index (χ4n) is 8.23. The summed E-state index contributed by atoms with van der Waals surface area (Å²) in [5.41, 5.74) is 0. The molecular weight excluding hydrogens is 916 g/mol. The molecule has 72 heavy (non-hydrogen) atoms. The Morgan fingerprint density at radius 1 is 0.500 bits per heavy atom. The second-order valence-electron chi connectivity index (χ2n) is 21.2. The third-order valence-electron chi connectivity index (χ3n) is 12.9. The lowest BCUT2D eigenvalue weighted by Gasteiger charge is -2.27. The van der Waals surface area contributed by atoms with Crippen molar-refractivity contribution in [2.24, 2.45) is 0 Å². The Morgan fingerprint density at radius 3 is 1.39 bits per heavy atom. The molecule has 0 aromatic carbocycles. The molecule has 0 aliphatic rings. The molecule has 0 saturated carbocycles. The second kappa shape index (κ2) is 51.9. The summed E-state index contributed by atoms with van der Waals surface area (Å²) in [6.45, 7) is 6.94. The molecule has 0 spiro atoms. The van der Waals surface area contributed by atoms with E-state index < -0.39 is 20.0 Å². The zero-order valence-corrected chi connectivity index (χ0v) is 48.6. The topological polar surface area (TPSA) is 111 Å². The molecule has 0 aliphatic carbocycles. The van der Waals surface area contributed by atoms with Gasteiger partial charge in [-0.2, -0.15) is 0 Å². The maximum atomic E-state index is 13.5. The van der Waals surface area contributed by atoms with E-state index in [2.05, 4.69) is 86.8 Å². The monoisotopic (exact) mass is 1030 g/mol. The first-order chi connectivity index (χ1) is 34.9. The zero-order chi connectivity index (χ0) is 52.9. The van der Waals surface area contributed by atoms with Gasteiger partial charge in [-0.1, -0.05) is 222 Å². The van der Waals surface area contributed by atoms with Crippen molar-refractivity contribution in [1.82, 2.24) is 5.32 Å². The second-order valence-corrected chi connectivity index (χ2v) is 22.6. The standard InChI is InChI=1S/C62H113N2O7P/c1-7-10-13-16-19-22-25-28-30-32-34-37-40-43-46-49-52-55-62(66)71-60(53-50-47-44-41-38-35-27-24-21-18-15-12-9-3)59(58-70-72(67,68)69-57-56-64(4,5)6)63-61(65)54-51-48-45-42-39-36-33-31-29-26-23-20-17-14-11-8-2/h19,22,28,30-31,33-34,36-37,39,50,53,59-60H,7-18,20-21,23-27,29,32,35,38,40-49,51-52,54-58H2,1-6H3,(H-,63,65,67,68)/p+1/b22-19-,30-28-,33-31+,37-34-,39-36+,53-50+. The molecule has 3 unspecified atom stereocenters. The fraction of sp³-hybridized carbons (Fsp3) is 0.774. The molecule has 1 amide bonds. The molecule has 9 nitrogen and oxygen atoms in total. The maximum absolute atomic E-state index is 13.5. The Labute approximate surface area is 444 Å². The third kappa shape index (κ3) is 52.3. The van der Waals surface area contributed by atoms with Crippen molar-refractivity contribution in [1.29, 1.82) is 0 Å². The minimum Gasteiger partial charge on any atom is -0.456 e. The van der Waals surface area contributed by atoms with Crippen LogP contribution in [-0.2, 0) is 27.9 Å². The maximum Gasteiger partial charge on any atom is 0.472 e. The summed E-state index contributed by atoms with van der Waals surface area (Å²) in [6.07, 6.45) is 66.1. The van der Waals surface area contributed by atoms with Crippen molar-refractivity contribution in [3.05, 3.63) is 72.9 Å². The number of quaternary nitrogens is 1. The molecule has 0 fully saturated rings. The van der Waals surface area contributed by atoms with E-state index in [1.54, 1.807) is 0 Å². The predicted molar refractivity (Wildman–Crippen MR) is 309 cm³/mol. The molecule has 0 heterocycles. The van der Waals surface area contributed by atoms with E-state index in [1.165, 1.54) is 128 Å². The molecule has 0 rings (SSSR count). The van der Waals surface area contributed by atoms with Gasteiger partial charge in [0.2, 0.25) is 5.91 Å². The van der Waals surface area contributed by atoms with Gasteiger partial charge in [0.15, 0.2) is 0 Å². The number of amides is 1. The molecule has 418 valence electrons. The van der Waals surface area contributed by atoms with Gasteiger partial charge in [-0.3, -0.25) is 18.6 Å². The summed E-state index contributed by atoms with van der Waals surface area (Å²) in [4.78, 5) is 37.6. The highest BCUT2D eigenvalue weighted by Gasteiger charge is 2.30. The van der Waals surface area contributed by atoms with E-state index >= 15 is 0 Å². The number of nitrogens with zero attached hydrogens (tertiary/aromatic N) is 1. The number of hydrogen-bond donors (Lipinski definition) is 2. The van der Waals surface area contributed by atoms with Crippen LogP contribution in [0.15, 0.2) is 72.9 Å². The van der Waals surface area contributed by atoms with Crippen LogP contribution in [0.3, 0.4) is 0 Å². The minimum atomic E-state index is -4.46. The number of phosphoric acid groups is 1. The molecule has 0 aromatic rings. The van der Waals surface area contributed by atoms with Crippen LogP contribution in [0.5, 0.6) is 0 Å². The summed E-state index contributed by atoms with van der Waals surface area (Å²) < 4.78 is 30.6. The lowest BCUT2D eigenvalue weighted by atomic mass is 10.0. The molecule has 0 saturated heterocycles. The van der Waals surface area contributed by atoms with Gasteiger partial charge in [-0.15, -0.1) is 0 Å². The first-order valence-corrected chi connectivity index (χ1v) is 31.3. The van der Waals surface area contributed by atoms with E-state index in [-0.39, 0.29) is 31.5 Å². The number of phosphoric ester groups is 1. The average molecular weight is 1030 g/mol. The van der Waals surface area contributed by atoms with Crippen LogP contribution in [0.1, 0.15) is 258 Å². The van der Waals surface area contributed by atoms with Gasteiger partial charge in [0.05, 0.1) is 33.8 Å². The smallest absolute Gasteiger partial charge is 0.456 e. The van der Waals surface area contributed by atoms with E-state index in [0.29, 0.717) is 30.3 Å². The average Bonchev–Trinajstić information content (AvgIpc) is 3.34. The number of esters is 1. The SMILES string of the molecule is CCCCC/C=C\C/C=C\C/C=C\CCCCCCC(=O)OC(/C=C/CCCCCCCCCCCCC)C(COP(=O)(O)OCC[N+](C)(C)C)NC(=O)CCCCC/C=C/C=C/CCCCCCCCC. The van der Waals surface area contributed by atoms with E-state index in [0.717, 1.165) is 83.5 Å². The van der Waals surface area contributed by atoms with Crippen LogP contribution in [0.2, 0.25) is 0 Å². The Hall–Kier alpha value is -2.55. The molecule has 3 atom stereocenters. The molecule has 0 radical (unpaired) electrons. The van der Waals surface area contributed by atoms with Crippen LogP contribution in [0, 0.1) is 0 Å². The van der Waals surface area contributed by atoms with Crippen molar-refractivity contribution < 1.29 is 37.3 Å². The highest BCUT2D eigenvalue weighted by Crippen LogP contribution is 2.43. The highest BCUT2D eigenvalue weighted by atomic mass is 31.2. The molecule has 10 heteroatoms. The van der Waals surface area contributed by atoms with Gasteiger partial charge in [0, 0.05) is 12.8 Å². The quantitative estimate of drug-likeness (QED) is 0.0156. The Balaban J connectivity index is 5.44. The van der Waals surface area contributed by atoms with E-state index in [4.69, 9.17) is 13.8 Å². The van der Waals surface area contributed by atoms with E-state index in [1.807, 2.05) is 33.3 Å². The number of hydrogen-bond acceptors (Lipinski definition) is 6. The first-order valence-electron chi connectivity index (χ1n) is 29.8. The largest absolute Gasteiger partial charge is 0.472 e. The number of likely N-dealkylation sites (N-methyl/N-ethyl adjacent to an activating group) is 1. The fourth-order valence-corrected chi connectivity index (χ4v) is 8.97. The van der Waals surface area contributed by atoms with Gasteiger partial charge in [-0.05, 0) is 96.0 Å². The van der Waals surface area contributed by atoms with Crippen molar-refractivity contribution >= 4 is 19.7 Å². The Morgan fingerprint density at radius 2 is 0.889 bits per heavy atom. The van der Waals surface area contributed by atoms with Crippen molar-refractivity contribution in [2.45, 2.75) is 270 Å². The molecule has 0 bridgehead atoms. The highest BCUT2D eigenvalue weighted by molar-refractivity contribution is 7.47. The number of allylic oxidation sites excluding steroid dienone is 11. The number of carbonyl (C=O) groups is 2. The summed E-state index contributed by atoms with van der Waals surface area (Å²) in [5, 5.41) is 3.03. The number of nitrogens with one attached hydrogen (secondary N) is 1. The van der Waals surface area contributed by atoms with Gasteiger partial charge in [0.1, 0.15) is 19.3 Å². The number of unbranched alkanes of at least 4 members (excludes halogenated alkanes) is 28. The van der Waals surface area contributed by atoms with Crippen molar-refractivity contribution in [2.75, 3.05) is 40.9 Å². The number of ether oxygens (including phenoxy) is 1. The number of carbonyl (C=O) groups excluding carboxylic acids is 2. The Kier molecular flexibility index (Phi) is 50.1. The normalized spacial score (nSPS) is 14.3. The third-order valence-corrected chi connectivity index (χ3v) is 13.9. The molecule has 0 aliphatic heterocycles. The lowest BCUT2D eigenvalue weighted by molar-refractivity contribution is -0.870. The number of rotatable bonds is 53. The summed E-state index contributed by atoms with van der Waals surface area (Å²) in [7, 11) is 1.46. The first kappa shape index (κ1) is 69.5. The summed E-state index contributed by atoms with van der Waals surface area (Å²) in [5.74, 6) is -0.561. The van der Waals surface area contributed by atoms with Gasteiger partial charge < -0.3 is 19.4 Å². The van der Waals surface area contributed by atoms with Gasteiger partial charge >= 0.3 is 13.8 Å². The van der Waals surface area contributed by atoms with Crippen LogP contribution in [-0.4, -0.2) is 74.3 Å². The zero-order valence-electron chi connectivity index (χ0n) is 47.7. The van der Waals surface area contributed by atoms with Crippen LogP contribution in [0.25, 0.3) is 0 Å². The van der Waals surface area contributed by atoms with Crippen molar-refractivity contribution in [3.63, 3.8) is 0 Å². The van der Waals surface area contributed by atoms with Gasteiger partial charge in [0.25, 0.3) is 0 Å². The summed E-state index contributed by atoms with van der Waals surface area (Å²) in [6, 6.07) is -0.873. The van der Waals surface area contributed by atoms with E-state index in [9.17, 15) is 19.0 Å². The molecule has 0 aromatic heterocycles. The van der Waals surface area contributed by atoms with Crippen LogP contribution < -0.4 is 5.32 Å². The van der Waals surface area contributed by atoms with Crippen molar-refractivity contribution in [3.8, 4) is 0 Å². The Bertz CT molecular complexity index is 1460. The van der Waals surface area contributed by atoms with Crippen LogP contribution >= 0.6 is 7.82 Å². The molecular formula is C62H114N2O7P+. The minimum absolute atomic E-state index is 0.0291. The molecule has 2 N–H and O–H groups in total. The van der Waals surface area contributed by atoms with Gasteiger partial charge in [-0.25, -0.2) is 4.57 Å². The summed E-state index contributed by atoms with van der Waals surface area (Å²) >= 11 is 0.